The number of rotatable bonds is 3. The van der Waals surface area contributed by atoms with Crippen molar-refractivity contribution < 1.29 is 0 Å². The molecule has 0 aromatic heterocycles. The summed E-state index contributed by atoms with van der Waals surface area (Å²) in [6, 6.07) is 6.42. The highest BCUT2D eigenvalue weighted by Crippen LogP contribution is 2.10. The lowest BCUT2D eigenvalue weighted by Gasteiger charge is -2.07. The minimum Gasteiger partial charge on any atom is -0.312 e. The molecule has 15 heavy (non-hydrogen) atoms. The van der Waals surface area contributed by atoms with Gasteiger partial charge in [0.25, 0.3) is 0 Å². The Morgan fingerprint density at radius 3 is 2.60 bits per heavy atom. The maximum Gasteiger partial charge on any atom is 0.115 e. The molecule has 3 heteroatoms. The van der Waals surface area contributed by atoms with Crippen molar-refractivity contribution in [2.75, 3.05) is 6.54 Å². The number of aliphatic imine (C=N–C) groups is 1. The second kappa shape index (κ2) is 5.51. The first-order chi connectivity index (χ1) is 7.17. The molecule has 0 saturated heterocycles. The Labute approximate surface area is 91.4 Å². The van der Waals surface area contributed by atoms with Gasteiger partial charge in [-0.3, -0.25) is 4.99 Å². The number of hydrogen-bond acceptors (Lipinski definition) is 2. The number of amidine groups is 1. The highest BCUT2D eigenvalue weighted by Gasteiger charge is 2.00. The Kier molecular flexibility index (Phi) is 4.31. The first-order valence-corrected chi connectivity index (χ1v) is 5.23. The molecule has 0 bridgehead atoms. The quantitative estimate of drug-likeness (QED) is 0.342. The Hall–Kier alpha value is -1.35. The van der Waals surface area contributed by atoms with Gasteiger partial charge in [0.2, 0.25) is 0 Å². The normalized spacial score (nSPS) is 11.6. The minimum atomic E-state index is 0.754. The molecule has 0 radical (unpaired) electrons. The van der Waals surface area contributed by atoms with E-state index in [0.717, 1.165) is 18.8 Å². The summed E-state index contributed by atoms with van der Waals surface area (Å²) in [7, 11) is 0. The Morgan fingerprint density at radius 1 is 1.33 bits per heavy atom. The zero-order valence-electron chi connectivity index (χ0n) is 9.67. The van der Waals surface area contributed by atoms with Crippen LogP contribution in [0.5, 0.6) is 0 Å². The van der Waals surface area contributed by atoms with Crippen molar-refractivity contribution in [3.8, 4) is 0 Å². The Morgan fingerprint density at radius 2 is 2.07 bits per heavy atom. The number of hydrazine groups is 1. The fraction of sp³-hybridized carbons (Fsp3) is 0.417. The summed E-state index contributed by atoms with van der Waals surface area (Å²) in [5, 5.41) is 0. The van der Waals surface area contributed by atoms with Gasteiger partial charge < -0.3 is 5.43 Å². The van der Waals surface area contributed by atoms with Crippen LogP contribution < -0.4 is 11.3 Å². The first-order valence-electron chi connectivity index (χ1n) is 5.23. The van der Waals surface area contributed by atoms with Gasteiger partial charge in [-0.15, -0.1) is 0 Å². The largest absolute Gasteiger partial charge is 0.312 e. The average molecular weight is 205 g/mol. The van der Waals surface area contributed by atoms with Gasteiger partial charge in [0.15, 0.2) is 0 Å². The molecule has 1 rings (SSSR count). The van der Waals surface area contributed by atoms with E-state index in [0.29, 0.717) is 0 Å². The number of nitrogens with two attached hydrogens (primary N) is 1. The predicted molar refractivity (Wildman–Crippen MR) is 64.9 cm³/mol. The van der Waals surface area contributed by atoms with Crippen LogP contribution in [-0.4, -0.2) is 12.4 Å². The molecule has 0 amide bonds. The van der Waals surface area contributed by atoms with Crippen LogP contribution in [0.15, 0.2) is 23.2 Å². The average Bonchev–Trinajstić information content (AvgIpc) is 2.23. The maximum atomic E-state index is 5.39. The molecule has 0 saturated carbocycles. The van der Waals surface area contributed by atoms with Crippen molar-refractivity contribution in [3.63, 3.8) is 0 Å². The maximum absolute atomic E-state index is 5.39. The molecule has 0 atom stereocenters. The van der Waals surface area contributed by atoms with Crippen LogP contribution in [0.1, 0.15) is 23.6 Å². The van der Waals surface area contributed by atoms with Crippen molar-refractivity contribution in [2.24, 2.45) is 10.8 Å². The third kappa shape index (κ3) is 3.36. The number of aryl methyl sites for hydroxylation is 2. The molecule has 0 aliphatic rings. The molecule has 0 spiro atoms. The summed E-state index contributed by atoms with van der Waals surface area (Å²) in [6.07, 6.45) is 0.769. The van der Waals surface area contributed by atoms with Crippen LogP contribution in [-0.2, 0) is 6.42 Å². The molecule has 0 heterocycles. The summed E-state index contributed by atoms with van der Waals surface area (Å²) >= 11 is 0. The zero-order valence-corrected chi connectivity index (χ0v) is 9.67. The molecule has 0 aliphatic heterocycles. The van der Waals surface area contributed by atoms with Gasteiger partial charge in [0.1, 0.15) is 5.84 Å². The van der Waals surface area contributed by atoms with Crippen molar-refractivity contribution in [1.82, 2.24) is 5.43 Å². The summed E-state index contributed by atoms with van der Waals surface area (Å²) in [4.78, 5) is 4.27. The van der Waals surface area contributed by atoms with E-state index >= 15 is 0 Å². The van der Waals surface area contributed by atoms with E-state index in [9.17, 15) is 0 Å². The minimum absolute atomic E-state index is 0.754. The summed E-state index contributed by atoms with van der Waals surface area (Å²) in [5.74, 6) is 6.23. The standard InChI is InChI=1S/C12H19N3/c1-4-14-12(15-13)8-11-6-5-9(2)10(3)7-11/h5-7H,4,8,13H2,1-3H3,(H,14,15). The summed E-state index contributed by atoms with van der Waals surface area (Å²) < 4.78 is 0. The third-order valence-electron chi connectivity index (χ3n) is 2.46. The number of nitrogens with zero attached hydrogens (tertiary/aromatic N) is 1. The molecule has 3 nitrogen and oxygen atoms in total. The smallest absolute Gasteiger partial charge is 0.115 e. The Bertz CT molecular complexity index is 356. The van der Waals surface area contributed by atoms with E-state index in [-0.39, 0.29) is 0 Å². The fourth-order valence-corrected chi connectivity index (χ4v) is 1.45. The molecular formula is C12H19N3. The van der Waals surface area contributed by atoms with Crippen LogP contribution in [0.4, 0.5) is 0 Å². The van der Waals surface area contributed by atoms with E-state index in [4.69, 9.17) is 5.84 Å². The van der Waals surface area contributed by atoms with Gasteiger partial charge in [0.05, 0.1) is 0 Å². The molecule has 0 aliphatic carbocycles. The van der Waals surface area contributed by atoms with Crippen LogP contribution in [0.25, 0.3) is 0 Å². The number of hydrogen-bond donors (Lipinski definition) is 2. The van der Waals surface area contributed by atoms with Crippen molar-refractivity contribution in [2.45, 2.75) is 27.2 Å². The third-order valence-corrected chi connectivity index (χ3v) is 2.46. The zero-order chi connectivity index (χ0) is 11.3. The van der Waals surface area contributed by atoms with Crippen molar-refractivity contribution in [3.05, 3.63) is 34.9 Å². The lowest BCUT2D eigenvalue weighted by molar-refractivity contribution is 0.957. The van der Waals surface area contributed by atoms with Crippen LogP contribution in [0.3, 0.4) is 0 Å². The SMILES string of the molecule is CCN=C(Cc1ccc(C)c(C)c1)NN. The van der Waals surface area contributed by atoms with Crippen LogP contribution >= 0.6 is 0 Å². The van der Waals surface area contributed by atoms with Crippen LogP contribution in [0.2, 0.25) is 0 Å². The van der Waals surface area contributed by atoms with E-state index in [1.807, 2.05) is 6.92 Å². The predicted octanol–water partition coefficient (Wildman–Crippen LogP) is 1.73. The molecule has 1 aromatic rings. The lowest BCUT2D eigenvalue weighted by atomic mass is 10.0. The number of benzene rings is 1. The first kappa shape index (κ1) is 11.7. The van der Waals surface area contributed by atoms with Gasteiger partial charge in [-0.25, -0.2) is 5.84 Å². The van der Waals surface area contributed by atoms with Crippen LogP contribution in [0, 0.1) is 13.8 Å². The lowest BCUT2D eigenvalue weighted by Crippen LogP contribution is -2.32. The van der Waals surface area contributed by atoms with Gasteiger partial charge in [-0.1, -0.05) is 18.2 Å². The molecule has 3 N–H and O–H groups in total. The van der Waals surface area contributed by atoms with E-state index in [1.165, 1.54) is 16.7 Å². The second-order valence-corrected chi connectivity index (χ2v) is 3.66. The van der Waals surface area contributed by atoms with Gasteiger partial charge in [-0.05, 0) is 37.5 Å². The van der Waals surface area contributed by atoms with Gasteiger partial charge in [0, 0.05) is 13.0 Å². The van der Waals surface area contributed by atoms with Gasteiger partial charge >= 0.3 is 0 Å². The molecule has 0 fully saturated rings. The van der Waals surface area contributed by atoms with Gasteiger partial charge in [-0.2, -0.15) is 0 Å². The topological polar surface area (TPSA) is 50.4 Å². The highest BCUT2D eigenvalue weighted by molar-refractivity contribution is 5.83. The second-order valence-electron chi connectivity index (χ2n) is 3.66. The van der Waals surface area contributed by atoms with E-state index in [1.54, 1.807) is 0 Å². The van der Waals surface area contributed by atoms with Crippen molar-refractivity contribution in [1.29, 1.82) is 0 Å². The highest BCUT2D eigenvalue weighted by atomic mass is 15.2. The molecule has 82 valence electrons. The summed E-state index contributed by atoms with van der Waals surface area (Å²) in [5.41, 5.74) is 6.49. The summed E-state index contributed by atoms with van der Waals surface area (Å²) in [6.45, 7) is 6.98. The van der Waals surface area contributed by atoms with Crippen molar-refractivity contribution >= 4 is 5.84 Å². The molecule has 0 unspecified atom stereocenters. The Balaban J connectivity index is 2.80. The molecule has 1 aromatic carbocycles. The van der Waals surface area contributed by atoms with E-state index < -0.39 is 0 Å². The molecular weight excluding hydrogens is 186 g/mol. The fourth-order valence-electron chi connectivity index (χ4n) is 1.45. The number of nitrogens with one attached hydrogen (secondary N) is 1. The monoisotopic (exact) mass is 205 g/mol. The van der Waals surface area contributed by atoms with E-state index in [2.05, 4.69) is 42.5 Å².